The van der Waals surface area contributed by atoms with Crippen LogP contribution in [0, 0.1) is 17.0 Å². The van der Waals surface area contributed by atoms with Gasteiger partial charge in [-0.1, -0.05) is 29.8 Å². The highest BCUT2D eigenvalue weighted by molar-refractivity contribution is 7.99. The Hall–Kier alpha value is -2.87. The Labute approximate surface area is 148 Å². The average molecular weight is 359 g/mol. The topological polar surface area (TPSA) is 101 Å². The van der Waals surface area contributed by atoms with E-state index in [1.807, 2.05) is 25.1 Å². The molecule has 7 nitrogen and oxygen atoms in total. The molecule has 0 saturated carbocycles. The van der Waals surface area contributed by atoms with E-state index in [-0.39, 0.29) is 22.9 Å². The molecule has 2 aromatic carbocycles. The molecule has 2 aromatic rings. The number of nitro benzene ring substituents is 1. The fourth-order valence-corrected chi connectivity index (χ4v) is 2.81. The van der Waals surface area contributed by atoms with Gasteiger partial charge in [0.25, 0.3) is 11.6 Å². The van der Waals surface area contributed by atoms with E-state index in [0.717, 1.165) is 11.1 Å². The van der Waals surface area contributed by atoms with E-state index in [1.165, 1.54) is 36.0 Å². The van der Waals surface area contributed by atoms with Crippen molar-refractivity contribution in [2.75, 3.05) is 5.75 Å². The second kappa shape index (κ2) is 8.84. The molecule has 0 saturated heterocycles. The maximum atomic E-state index is 11.9. The van der Waals surface area contributed by atoms with Crippen molar-refractivity contribution in [3.05, 3.63) is 75.3 Å². The number of hydrazine groups is 1. The van der Waals surface area contributed by atoms with Crippen LogP contribution in [0.4, 0.5) is 5.69 Å². The number of nitrogens with one attached hydrogen (secondary N) is 2. The molecule has 0 heterocycles. The van der Waals surface area contributed by atoms with Crippen LogP contribution in [0.2, 0.25) is 0 Å². The number of aryl methyl sites for hydroxylation is 1. The predicted octanol–water partition coefficient (Wildman–Crippen LogP) is 2.60. The van der Waals surface area contributed by atoms with Crippen molar-refractivity contribution in [2.24, 2.45) is 0 Å². The number of carbonyl (C=O) groups excluding carboxylic acids is 2. The highest BCUT2D eigenvalue weighted by atomic mass is 32.2. The first-order valence-corrected chi connectivity index (χ1v) is 8.58. The van der Waals surface area contributed by atoms with Gasteiger partial charge >= 0.3 is 0 Å². The third-order valence-corrected chi connectivity index (χ3v) is 4.24. The number of non-ortho nitro benzene ring substituents is 1. The molecular weight excluding hydrogens is 342 g/mol. The number of nitro groups is 1. The van der Waals surface area contributed by atoms with Crippen LogP contribution in [0.5, 0.6) is 0 Å². The molecule has 0 aliphatic heterocycles. The zero-order chi connectivity index (χ0) is 18.2. The lowest BCUT2D eigenvalue weighted by Crippen LogP contribution is -2.42. The van der Waals surface area contributed by atoms with Gasteiger partial charge in [0, 0.05) is 23.4 Å². The zero-order valence-electron chi connectivity index (χ0n) is 13.5. The molecule has 0 unspecified atom stereocenters. The molecule has 8 heteroatoms. The second-order valence-electron chi connectivity index (χ2n) is 5.29. The van der Waals surface area contributed by atoms with Crippen LogP contribution in [-0.4, -0.2) is 22.5 Å². The molecule has 130 valence electrons. The number of thioether (sulfide) groups is 1. The molecular formula is C17H17N3O4S. The summed E-state index contributed by atoms with van der Waals surface area (Å²) in [5.41, 5.74) is 7.02. The van der Waals surface area contributed by atoms with E-state index in [4.69, 9.17) is 0 Å². The number of carbonyl (C=O) groups is 2. The summed E-state index contributed by atoms with van der Waals surface area (Å²) >= 11 is 1.44. The average Bonchev–Trinajstić information content (AvgIpc) is 2.60. The summed E-state index contributed by atoms with van der Waals surface area (Å²) in [4.78, 5) is 33.6. The summed E-state index contributed by atoms with van der Waals surface area (Å²) in [6, 6.07) is 13.1. The highest BCUT2D eigenvalue weighted by Crippen LogP contribution is 2.13. The molecule has 2 amide bonds. The molecule has 2 rings (SSSR count). The Kier molecular flexibility index (Phi) is 6.53. The van der Waals surface area contributed by atoms with Crippen molar-refractivity contribution < 1.29 is 14.5 Å². The number of hydrogen-bond donors (Lipinski definition) is 2. The lowest BCUT2D eigenvalue weighted by molar-refractivity contribution is -0.384. The fourth-order valence-electron chi connectivity index (χ4n) is 2.03. The van der Waals surface area contributed by atoms with Crippen LogP contribution in [0.25, 0.3) is 0 Å². The van der Waals surface area contributed by atoms with Crippen LogP contribution < -0.4 is 10.9 Å². The summed E-state index contributed by atoms with van der Waals surface area (Å²) < 4.78 is 0. The van der Waals surface area contributed by atoms with Gasteiger partial charge < -0.3 is 0 Å². The largest absolute Gasteiger partial charge is 0.272 e. The molecule has 0 fully saturated rings. The number of hydrogen-bond acceptors (Lipinski definition) is 5. The Morgan fingerprint density at radius 1 is 1.12 bits per heavy atom. The maximum Gasteiger partial charge on any atom is 0.269 e. The molecule has 0 aromatic heterocycles. The zero-order valence-corrected chi connectivity index (χ0v) is 14.3. The number of benzene rings is 2. The SMILES string of the molecule is Cc1cccc(CSCC(=O)NNC(=O)c2ccc([N+](=O)[O-])cc2)c1. The number of amides is 2. The van der Waals surface area contributed by atoms with E-state index < -0.39 is 10.8 Å². The van der Waals surface area contributed by atoms with E-state index in [2.05, 4.69) is 16.9 Å². The maximum absolute atomic E-state index is 11.9. The number of nitrogens with zero attached hydrogens (tertiary/aromatic N) is 1. The first-order chi connectivity index (χ1) is 12.0. The third-order valence-electron chi connectivity index (χ3n) is 3.24. The smallest absolute Gasteiger partial charge is 0.269 e. The standard InChI is InChI=1S/C17H17N3O4S/c1-12-3-2-4-13(9-12)10-25-11-16(21)18-19-17(22)14-5-7-15(8-6-14)20(23)24/h2-9H,10-11H2,1H3,(H,18,21)(H,19,22). The second-order valence-corrected chi connectivity index (χ2v) is 6.27. The van der Waals surface area contributed by atoms with E-state index in [0.29, 0.717) is 5.75 Å². The van der Waals surface area contributed by atoms with Crippen molar-refractivity contribution in [3.63, 3.8) is 0 Å². The normalized spacial score (nSPS) is 10.1. The van der Waals surface area contributed by atoms with Crippen molar-refractivity contribution >= 4 is 29.3 Å². The molecule has 0 radical (unpaired) electrons. The van der Waals surface area contributed by atoms with Gasteiger partial charge in [-0.15, -0.1) is 11.8 Å². The minimum absolute atomic E-state index is 0.104. The van der Waals surface area contributed by atoms with Crippen molar-refractivity contribution in [2.45, 2.75) is 12.7 Å². The van der Waals surface area contributed by atoms with Gasteiger partial charge in [0.05, 0.1) is 10.7 Å². The van der Waals surface area contributed by atoms with Gasteiger partial charge in [0.15, 0.2) is 0 Å². The Morgan fingerprint density at radius 2 is 1.84 bits per heavy atom. The first-order valence-electron chi connectivity index (χ1n) is 7.42. The van der Waals surface area contributed by atoms with Crippen LogP contribution in [0.3, 0.4) is 0 Å². The summed E-state index contributed by atoms with van der Waals surface area (Å²) in [6.07, 6.45) is 0. The minimum atomic E-state index is -0.547. The molecule has 25 heavy (non-hydrogen) atoms. The highest BCUT2D eigenvalue weighted by Gasteiger charge is 2.10. The van der Waals surface area contributed by atoms with Gasteiger partial charge in [-0.25, -0.2) is 0 Å². The van der Waals surface area contributed by atoms with E-state index in [9.17, 15) is 19.7 Å². The summed E-state index contributed by atoms with van der Waals surface area (Å²) in [5, 5.41) is 10.6. The van der Waals surface area contributed by atoms with E-state index >= 15 is 0 Å². The quantitative estimate of drug-likeness (QED) is 0.610. The van der Waals surface area contributed by atoms with Gasteiger partial charge in [0.1, 0.15) is 0 Å². The lowest BCUT2D eigenvalue weighted by Gasteiger charge is -2.07. The summed E-state index contributed by atoms with van der Waals surface area (Å²) in [6.45, 7) is 2.01. The predicted molar refractivity (Wildman–Crippen MR) is 96.0 cm³/mol. The van der Waals surface area contributed by atoms with Crippen LogP contribution >= 0.6 is 11.8 Å². The van der Waals surface area contributed by atoms with Crippen molar-refractivity contribution in [1.82, 2.24) is 10.9 Å². The third kappa shape index (κ3) is 5.92. The van der Waals surface area contributed by atoms with Gasteiger partial charge in [-0.3, -0.25) is 30.6 Å². The minimum Gasteiger partial charge on any atom is -0.272 e. The van der Waals surface area contributed by atoms with Gasteiger partial charge in [-0.2, -0.15) is 0 Å². The monoisotopic (exact) mass is 359 g/mol. The van der Waals surface area contributed by atoms with Crippen molar-refractivity contribution in [3.8, 4) is 0 Å². The number of rotatable bonds is 6. The van der Waals surface area contributed by atoms with Crippen molar-refractivity contribution in [1.29, 1.82) is 0 Å². The van der Waals surface area contributed by atoms with Gasteiger partial charge in [0.2, 0.25) is 5.91 Å². The summed E-state index contributed by atoms with van der Waals surface area (Å²) in [7, 11) is 0. The molecule has 0 aliphatic rings. The van der Waals surface area contributed by atoms with Crippen LogP contribution in [0.15, 0.2) is 48.5 Å². The first kappa shape index (κ1) is 18.5. The van der Waals surface area contributed by atoms with Crippen LogP contribution in [0.1, 0.15) is 21.5 Å². The molecule has 2 N–H and O–H groups in total. The Balaban J connectivity index is 1.73. The molecule has 0 spiro atoms. The molecule has 0 bridgehead atoms. The van der Waals surface area contributed by atoms with E-state index in [1.54, 1.807) is 0 Å². The molecule has 0 aliphatic carbocycles. The lowest BCUT2D eigenvalue weighted by atomic mass is 10.2. The van der Waals surface area contributed by atoms with Gasteiger partial charge in [-0.05, 0) is 24.6 Å². The van der Waals surface area contributed by atoms with Crippen LogP contribution in [-0.2, 0) is 10.5 Å². The Bertz CT molecular complexity index is 778. The summed E-state index contributed by atoms with van der Waals surface area (Å²) in [5.74, 6) is 0.0414. The fraction of sp³-hybridized carbons (Fsp3) is 0.176. The Morgan fingerprint density at radius 3 is 2.48 bits per heavy atom. The molecule has 0 atom stereocenters.